The Kier molecular flexibility index (Phi) is 13.7. The van der Waals surface area contributed by atoms with E-state index in [1.165, 1.54) is 0 Å². The molecule has 0 aliphatic rings. The molecule has 2 heterocycles. The number of ether oxygens (including phenoxy) is 4. The van der Waals surface area contributed by atoms with Crippen LogP contribution in [0.4, 0.5) is 0 Å². The third-order valence-corrected chi connectivity index (χ3v) is 12.3. The molecule has 0 fully saturated rings. The van der Waals surface area contributed by atoms with E-state index in [0.717, 1.165) is 66.8 Å². The van der Waals surface area contributed by atoms with Crippen molar-refractivity contribution in [2.75, 3.05) is 26.4 Å². The van der Waals surface area contributed by atoms with E-state index < -0.39 is 16.5 Å². The maximum Gasteiger partial charge on any atom is 0.387 e. The first-order valence-electron chi connectivity index (χ1n) is 20.8. The molecular formula is C47H62O10P2. The summed E-state index contributed by atoms with van der Waals surface area (Å²) in [7, 11) is -3.80. The van der Waals surface area contributed by atoms with E-state index in [4.69, 9.17) is 44.8 Å². The van der Waals surface area contributed by atoms with Crippen LogP contribution in [0.15, 0.2) is 65.3 Å². The average molecular weight is 849 g/mol. The number of hydrogen-bond donors (Lipinski definition) is 0. The first-order valence-corrected chi connectivity index (χ1v) is 23.0. The Bertz CT molecular complexity index is 2350. The van der Waals surface area contributed by atoms with Crippen molar-refractivity contribution in [3.8, 4) is 23.0 Å². The number of aryl methyl sites for hydroxylation is 2. The van der Waals surface area contributed by atoms with Crippen molar-refractivity contribution in [3.63, 3.8) is 0 Å². The molecule has 6 rings (SSSR count). The number of rotatable bonds is 14. The Balaban J connectivity index is 1.43. The van der Waals surface area contributed by atoms with E-state index in [9.17, 15) is 0 Å². The van der Waals surface area contributed by atoms with Gasteiger partial charge in [-0.2, -0.15) is 0 Å². The number of hydrogen-bond acceptors (Lipinski definition) is 10. The lowest BCUT2D eigenvalue weighted by Crippen LogP contribution is -2.21. The van der Waals surface area contributed by atoms with Gasteiger partial charge in [-0.15, -0.1) is 0 Å². The van der Waals surface area contributed by atoms with Gasteiger partial charge in [0.15, 0.2) is 0 Å². The van der Waals surface area contributed by atoms with Crippen LogP contribution in [0.5, 0.6) is 23.0 Å². The fourth-order valence-electron chi connectivity index (χ4n) is 7.31. The second-order valence-corrected chi connectivity index (χ2v) is 19.1. The Labute approximate surface area is 350 Å². The molecule has 4 atom stereocenters. The monoisotopic (exact) mass is 848 g/mol. The van der Waals surface area contributed by atoms with E-state index in [1.807, 2.05) is 91.8 Å². The molecule has 0 saturated carbocycles. The van der Waals surface area contributed by atoms with Crippen molar-refractivity contribution in [1.29, 1.82) is 0 Å². The van der Waals surface area contributed by atoms with Gasteiger partial charge in [-0.05, 0) is 126 Å². The maximum absolute atomic E-state index is 6.81. The van der Waals surface area contributed by atoms with Gasteiger partial charge in [0.2, 0.25) is 0 Å². The summed E-state index contributed by atoms with van der Waals surface area (Å²) in [6.45, 7) is 31.1. The van der Waals surface area contributed by atoms with Crippen LogP contribution in [0, 0.1) is 13.8 Å². The van der Waals surface area contributed by atoms with Crippen molar-refractivity contribution >= 4 is 60.4 Å². The lowest BCUT2D eigenvalue weighted by Gasteiger charge is -2.21. The topological polar surface area (TPSA) is 108 Å². The highest BCUT2D eigenvalue weighted by atomic mass is 31.1. The van der Waals surface area contributed by atoms with Crippen LogP contribution in [-0.4, -0.2) is 38.6 Å². The van der Waals surface area contributed by atoms with E-state index in [0.29, 0.717) is 55.2 Å². The zero-order valence-electron chi connectivity index (χ0n) is 37.3. The van der Waals surface area contributed by atoms with Gasteiger partial charge in [0.1, 0.15) is 45.3 Å². The molecule has 0 radical (unpaired) electrons. The highest BCUT2D eigenvalue weighted by molar-refractivity contribution is 7.32. The quantitative estimate of drug-likeness (QED) is 0.105. The molecule has 2 aromatic heterocycles. The molecule has 0 N–H and O–H groups in total. The van der Waals surface area contributed by atoms with Crippen LogP contribution in [-0.2, 0) is 10.8 Å². The van der Waals surface area contributed by atoms with Crippen LogP contribution in [0.25, 0.3) is 43.9 Å². The van der Waals surface area contributed by atoms with Crippen molar-refractivity contribution in [1.82, 2.24) is 0 Å². The average Bonchev–Trinajstić information content (AvgIpc) is 3.39. The lowest BCUT2D eigenvalue weighted by atomic mass is 9.85. The summed E-state index contributed by atoms with van der Waals surface area (Å²) in [6, 6.07) is 16.2. The molecule has 0 saturated heterocycles. The summed E-state index contributed by atoms with van der Waals surface area (Å²) < 4.78 is 64.5. The standard InChI is InChI=1S/C47H62O10P2/c1-15-48-32-19-28(5)42-36(22-32)38-24-34(50-17-3)26-40(46(9,10)11)44(38)56-58(54-42)52-30(7)21-31(8)53-59-55-43-29(6)20-33(49-16-2)23-37(43)39-25-35(51-18-4)27-41(45(39)57-59)47(12,13)14/h19-20,22-27,30-31H,15-18,21H2,1-14H3/t30-,31-,58?,59?/m1/s1. The van der Waals surface area contributed by atoms with Gasteiger partial charge in [-0.3, -0.25) is 9.05 Å². The van der Waals surface area contributed by atoms with Crippen LogP contribution >= 0.6 is 16.5 Å². The van der Waals surface area contributed by atoms with Crippen LogP contribution in [0.3, 0.4) is 0 Å². The predicted molar refractivity (Wildman–Crippen MR) is 241 cm³/mol. The van der Waals surface area contributed by atoms with Crippen molar-refractivity contribution in [3.05, 3.63) is 70.8 Å². The second-order valence-electron chi connectivity index (χ2n) is 17.0. The molecule has 0 aliphatic carbocycles. The lowest BCUT2D eigenvalue weighted by molar-refractivity contribution is 0.184. The minimum absolute atomic E-state index is 0.276. The predicted octanol–water partition coefficient (Wildman–Crippen LogP) is 14.4. The Morgan fingerprint density at radius 3 is 1.05 bits per heavy atom. The van der Waals surface area contributed by atoms with Gasteiger partial charge in [0.25, 0.3) is 0 Å². The van der Waals surface area contributed by atoms with Crippen molar-refractivity contribution < 1.29 is 44.8 Å². The Hall–Kier alpha value is -4.20. The fraction of sp³-hybridized carbons (Fsp3) is 0.489. The fourth-order valence-corrected chi connectivity index (χ4v) is 9.79. The normalized spacial score (nSPS) is 13.9. The highest BCUT2D eigenvalue weighted by Crippen LogP contribution is 2.45. The first kappa shape index (κ1) is 44.4. The third-order valence-electron chi connectivity index (χ3n) is 9.92. The van der Waals surface area contributed by atoms with E-state index >= 15 is 0 Å². The van der Waals surface area contributed by atoms with E-state index in [1.54, 1.807) is 0 Å². The van der Waals surface area contributed by atoms with Gasteiger partial charge in [-0.25, -0.2) is 0 Å². The molecule has 320 valence electrons. The van der Waals surface area contributed by atoms with Gasteiger partial charge >= 0.3 is 16.5 Å². The van der Waals surface area contributed by atoms with Gasteiger partial charge in [-0.1, -0.05) is 41.5 Å². The third kappa shape index (κ3) is 10.1. The minimum atomic E-state index is -1.90. The van der Waals surface area contributed by atoms with E-state index in [2.05, 4.69) is 53.7 Å². The molecule has 6 aromatic rings. The molecule has 0 bridgehead atoms. The second kappa shape index (κ2) is 18.2. The Morgan fingerprint density at radius 1 is 0.458 bits per heavy atom. The zero-order chi connectivity index (χ0) is 42.8. The van der Waals surface area contributed by atoms with Gasteiger partial charge in [0.05, 0.1) is 38.6 Å². The van der Waals surface area contributed by atoms with E-state index in [-0.39, 0.29) is 23.0 Å². The summed E-state index contributed by atoms with van der Waals surface area (Å²) in [5.41, 5.74) is 6.06. The Morgan fingerprint density at radius 2 is 0.746 bits per heavy atom. The molecule has 0 spiro atoms. The first-order chi connectivity index (χ1) is 27.9. The molecule has 12 heteroatoms. The number of fused-ring (bicyclic) bond motifs is 6. The molecule has 4 aromatic carbocycles. The highest BCUT2D eigenvalue weighted by Gasteiger charge is 2.26. The zero-order valence-corrected chi connectivity index (χ0v) is 39.1. The maximum atomic E-state index is 6.81. The summed E-state index contributed by atoms with van der Waals surface area (Å²) in [5.74, 6) is 3.05. The summed E-state index contributed by atoms with van der Waals surface area (Å²) >= 11 is 0. The molecular weight excluding hydrogens is 786 g/mol. The number of benzene rings is 4. The largest absolute Gasteiger partial charge is 0.494 e. The van der Waals surface area contributed by atoms with Crippen molar-refractivity contribution in [2.24, 2.45) is 0 Å². The van der Waals surface area contributed by atoms with Gasteiger partial charge < -0.3 is 35.7 Å². The van der Waals surface area contributed by atoms with Crippen LogP contribution < -0.4 is 28.0 Å². The van der Waals surface area contributed by atoms with Gasteiger partial charge in [0, 0.05) is 39.1 Å². The SMILES string of the molecule is CCOc1cc(C)c2op(O[C@H](C)C[C@@H](C)Op3oc4c(C)cc(OCC)cc4c4cc(OCC)cc(C(C)(C)C)c4o3)oc3c(C(C)(C)C)cc(OCC)cc3c2c1. The molecule has 2 unspecified atom stereocenters. The molecule has 0 aliphatic heterocycles. The van der Waals surface area contributed by atoms with Crippen LogP contribution in [0.1, 0.15) is 112 Å². The summed E-state index contributed by atoms with van der Waals surface area (Å²) in [5, 5.41) is 3.48. The smallest absolute Gasteiger partial charge is 0.387 e. The summed E-state index contributed by atoms with van der Waals surface area (Å²) in [4.78, 5) is 0. The minimum Gasteiger partial charge on any atom is -0.494 e. The van der Waals surface area contributed by atoms with Crippen molar-refractivity contribution in [2.45, 2.75) is 126 Å². The van der Waals surface area contributed by atoms with Crippen LogP contribution in [0.2, 0.25) is 0 Å². The molecule has 0 amide bonds. The molecule has 59 heavy (non-hydrogen) atoms. The summed E-state index contributed by atoms with van der Waals surface area (Å²) in [6.07, 6.45) is -0.159. The molecule has 10 nitrogen and oxygen atoms in total.